The molecule has 0 aromatic carbocycles. The maximum Gasteiger partial charge on any atom is 0.220 e. The number of nitriles is 1. The molecule has 11 heteroatoms. The summed E-state index contributed by atoms with van der Waals surface area (Å²) >= 11 is 10.9. The fourth-order valence-corrected chi connectivity index (χ4v) is 8.62. The fraction of sp³-hybridized carbons (Fsp3) is 0.935. The van der Waals surface area contributed by atoms with E-state index in [4.69, 9.17) is 21.1 Å². The lowest BCUT2D eigenvalue weighted by molar-refractivity contribution is -0.124. The second-order valence-corrected chi connectivity index (χ2v) is 15.1. The van der Waals surface area contributed by atoms with Gasteiger partial charge in [-0.2, -0.15) is 5.26 Å². The van der Waals surface area contributed by atoms with E-state index in [2.05, 4.69) is 55.1 Å². The molecular weight excluding hydrogens is 620 g/mol. The summed E-state index contributed by atoms with van der Waals surface area (Å²) in [5.74, 6) is 0.739. The number of amides is 1. The Labute approximate surface area is 267 Å². The molecule has 2 aliphatic heterocycles. The second-order valence-electron chi connectivity index (χ2n) is 13.3. The van der Waals surface area contributed by atoms with E-state index in [0.717, 1.165) is 45.2 Å². The van der Waals surface area contributed by atoms with Crippen LogP contribution in [0.25, 0.3) is 0 Å². The minimum atomic E-state index is -0.160. The average molecular weight is 674 g/mol. The van der Waals surface area contributed by atoms with E-state index in [1.807, 2.05) is 21.0 Å². The maximum atomic E-state index is 12.9. The number of ether oxygens (including phenoxy) is 2. The molecule has 2 heterocycles. The van der Waals surface area contributed by atoms with Crippen LogP contribution in [0.15, 0.2) is 0 Å². The van der Waals surface area contributed by atoms with Crippen molar-refractivity contribution in [2.24, 2.45) is 17.8 Å². The smallest absolute Gasteiger partial charge is 0.220 e. The van der Waals surface area contributed by atoms with Gasteiger partial charge in [-0.05, 0) is 90.9 Å². The zero-order chi connectivity index (χ0) is 30.2. The van der Waals surface area contributed by atoms with Gasteiger partial charge in [-0.3, -0.25) is 4.79 Å². The first-order chi connectivity index (χ1) is 20.2. The van der Waals surface area contributed by atoms with Crippen LogP contribution < -0.4 is 21.3 Å². The average Bonchev–Trinajstić information content (AvgIpc) is 2.95. The number of alkyl halides is 2. The summed E-state index contributed by atoms with van der Waals surface area (Å²) in [5.41, 5.74) is 0. The summed E-state index contributed by atoms with van der Waals surface area (Å²) in [5, 5.41) is 24.6. The Balaban J connectivity index is 1.38. The van der Waals surface area contributed by atoms with Crippen LogP contribution in [-0.4, -0.2) is 110 Å². The number of carbonyl (C=O) groups excluding carboxylic acids is 1. The van der Waals surface area contributed by atoms with Crippen LogP contribution in [0.2, 0.25) is 0 Å². The van der Waals surface area contributed by atoms with E-state index in [9.17, 15) is 10.1 Å². The van der Waals surface area contributed by atoms with Crippen molar-refractivity contribution in [3.05, 3.63) is 0 Å². The lowest BCUT2D eigenvalue weighted by Crippen LogP contribution is -2.67. The molecule has 0 spiro atoms. The highest BCUT2D eigenvalue weighted by molar-refractivity contribution is 9.09. The van der Waals surface area contributed by atoms with Crippen molar-refractivity contribution >= 4 is 33.4 Å². The van der Waals surface area contributed by atoms with Crippen molar-refractivity contribution < 1.29 is 14.3 Å². The Morgan fingerprint density at radius 1 is 1.14 bits per heavy atom. The molecule has 4 fully saturated rings. The van der Waals surface area contributed by atoms with E-state index < -0.39 is 0 Å². The van der Waals surface area contributed by atoms with Gasteiger partial charge in [0.05, 0.1) is 42.2 Å². The van der Waals surface area contributed by atoms with E-state index in [-0.39, 0.29) is 64.3 Å². The Morgan fingerprint density at radius 3 is 2.67 bits per heavy atom. The molecule has 2 aliphatic carbocycles. The fourth-order valence-electron chi connectivity index (χ4n) is 7.52. The highest BCUT2D eigenvalue weighted by Crippen LogP contribution is 2.38. The van der Waals surface area contributed by atoms with Crippen LogP contribution in [0.3, 0.4) is 0 Å². The summed E-state index contributed by atoms with van der Waals surface area (Å²) in [6, 6.07) is 3.28. The molecular formula is C31H54BrClN6O3. The predicted molar refractivity (Wildman–Crippen MR) is 171 cm³/mol. The number of nitrogens with zero attached hydrogens (tertiary/aromatic N) is 2. The lowest BCUT2D eigenvalue weighted by Gasteiger charge is -2.51. The summed E-state index contributed by atoms with van der Waals surface area (Å²) in [6.07, 6.45) is 6.99. The van der Waals surface area contributed by atoms with Gasteiger partial charge < -0.3 is 35.6 Å². The van der Waals surface area contributed by atoms with Gasteiger partial charge in [0.15, 0.2) is 0 Å². The van der Waals surface area contributed by atoms with Crippen molar-refractivity contribution in [2.75, 3.05) is 46.9 Å². The highest BCUT2D eigenvalue weighted by Gasteiger charge is 2.48. The largest absolute Gasteiger partial charge is 0.376 e. The van der Waals surface area contributed by atoms with Gasteiger partial charge in [0.1, 0.15) is 0 Å². The number of piperidine rings is 2. The molecule has 9 nitrogen and oxygen atoms in total. The van der Waals surface area contributed by atoms with Crippen LogP contribution >= 0.6 is 27.5 Å². The number of hydrogen-bond donors (Lipinski definition) is 4. The Morgan fingerprint density at radius 2 is 1.95 bits per heavy atom. The molecule has 0 aromatic heterocycles. The number of hydrogen-bond acceptors (Lipinski definition) is 8. The van der Waals surface area contributed by atoms with E-state index in [0.29, 0.717) is 38.1 Å². The second kappa shape index (κ2) is 16.7. The maximum absolute atomic E-state index is 12.9. The molecule has 42 heavy (non-hydrogen) atoms. The van der Waals surface area contributed by atoms with Crippen molar-refractivity contribution in [3.63, 3.8) is 0 Å². The van der Waals surface area contributed by atoms with Crippen molar-refractivity contribution in [2.45, 2.75) is 118 Å². The number of halogens is 2. The molecule has 2 saturated heterocycles. The minimum absolute atomic E-state index is 0.00581. The summed E-state index contributed by atoms with van der Waals surface area (Å²) in [6.45, 7) is 8.22. The first-order valence-electron chi connectivity index (χ1n) is 16.3. The lowest BCUT2D eigenvalue weighted by atomic mass is 9.69. The van der Waals surface area contributed by atoms with Gasteiger partial charge in [-0.1, -0.05) is 22.9 Å². The molecule has 4 aliphatic rings. The van der Waals surface area contributed by atoms with Crippen LogP contribution in [0.4, 0.5) is 0 Å². The quantitative estimate of drug-likeness (QED) is 0.234. The molecule has 0 bridgehead atoms. The van der Waals surface area contributed by atoms with Crippen LogP contribution in [0.5, 0.6) is 0 Å². The SMILES string of the molecule is CCOC1CC2NCC(C#N)C(NC3CC(Cl)C(OCC4NCCCC4C)CC3Br)C2CC1NC(=O)CCCN(C)C. The Kier molecular flexibility index (Phi) is 13.7. The molecule has 240 valence electrons. The molecule has 0 radical (unpaired) electrons. The summed E-state index contributed by atoms with van der Waals surface area (Å²) < 4.78 is 12.5. The van der Waals surface area contributed by atoms with E-state index in [1.165, 1.54) is 12.8 Å². The molecule has 1 amide bonds. The molecule has 0 aromatic rings. The molecule has 4 rings (SSSR count). The van der Waals surface area contributed by atoms with E-state index >= 15 is 0 Å². The first-order valence-corrected chi connectivity index (χ1v) is 17.6. The number of carbonyl (C=O) groups is 1. The Hall–Kier alpha value is -0.510. The van der Waals surface area contributed by atoms with Gasteiger partial charge in [-0.15, -0.1) is 11.6 Å². The van der Waals surface area contributed by atoms with E-state index in [1.54, 1.807) is 0 Å². The predicted octanol–water partition coefficient (Wildman–Crippen LogP) is 3.00. The molecule has 12 unspecified atom stereocenters. The van der Waals surface area contributed by atoms with Gasteiger partial charge in [-0.25, -0.2) is 0 Å². The monoisotopic (exact) mass is 672 g/mol. The third kappa shape index (κ3) is 9.26. The standard InChI is InChI=1S/C31H54BrClN6O3/c1-5-41-29-15-24-21(12-26(29)37-30(40)9-7-11-39(3)4)31(20(16-34)17-36-24)38-25-14-23(33)28(13-22(25)32)42-18-27-19(2)8-6-10-35-27/h19-29,31,35-36,38H,5-15,17-18H2,1-4H3,(H,37,40). The first kappa shape index (κ1) is 34.4. The van der Waals surface area contributed by atoms with Gasteiger partial charge in [0, 0.05) is 48.6 Å². The van der Waals surface area contributed by atoms with Crippen molar-refractivity contribution in [1.29, 1.82) is 5.26 Å². The van der Waals surface area contributed by atoms with Crippen LogP contribution in [0, 0.1) is 29.1 Å². The van der Waals surface area contributed by atoms with Gasteiger partial charge >= 0.3 is 0 Å². The highest BCUT2D eigenvalue weighted by atomic mass is 79.9. The number of fused-ring (bicyclic) bond motifs is 1. The number of nitrogens with one attached hydrogen (secondary N) is 4. The van der Waals surface area contributed by atoms with Crippen LogP contribution in [0.1, 0.15) is 65.2 Å². The summed E-state index contributed by atoms with van der Waals surface area (Å²) in [4.78, 5) is 15.2. The topological polar surface area (TPSA) is 111 Å². The van der Waals surface area contributed by atoms with Crippen molar-refractivity contribution in [1.82, 2.24) is 26.2 Å². The zero-order valence-corrected chi connectivity index (χ0v) is 28.3. The normalized spacial score (nSPS) is 40.7. The molecule has 2 saturated carbocycles. The Bertz CT molecular complexity index is 895. The number of rotatable bonds is 12. The minimum Gasteiger partial charge on any atom is -0.376 e. The molecule has 4 N–H and O–H groups in total. The summed E-state index contributed by atoms with van der Waals surface area (Å²) in [7, 11) is 4.05. The zero-order valence-electron chi connectivity index (χ0n) is 26.0. The van der Waals surface area contributed by atoms with Gasteiger partial charge in [0.25, 0.3) is 0 Å². The van der Waals surface area contributed by atoms with Crippen molar-refractivity contribution in [3.8, 4) is 6.07 Å². The molecule has 12 atom stereocenters. The third-order valence-electron chi connectivity index (χ3n) is 9.98. The third-order valence-corrected chi connectivity index (χ3v) is 11.4. The van der Waals surface area contributed by atoms with Gasteiger partial charge in [0.2, 0.25) is 5.91 Å². The van der Waals surface area contributed by atoms with Crippen LogP contribution in [-0.2, 0) is 14.3 Å².